The molecule has 1 saturated carbocycles. The van der Waals surface area contributed by atoms with Crippen molar-refractivity contribution >= 4 is 5.69 Å². The van der Waals surface area contributed by atoms with Crippen LogP contribution in [0.1, 0.15) is 79.3 Å². The number of hydrogen-bond acceptors (Lipinski definition) is 3. The molecule has 0 radical (unpaired) electrons. The maximum absolute atomic E-state index is 13.7. The first kappa shape index (κ1) is 29.9. The first-order chi connectivity index (χ1) is 19.3. The van der Waals surface area contributed by atoms with Gasteiger partial charge in [0.05, 0.1) is 11.1 Å². The standard InChI is InChI=1S/C31H38F6N3O/c1-3-39(17-21-7-4-5-8-21)28-15-24-10-6-9-23(24)14-25(28)19-40(20(2)11-29(38)41-40)18-22-12-26(30(32,33)34)16-27(13-22)31(35,36)37/h11-16,21,29H,3-10,17-19,38H2,1-2H3/q+1. The van der Waals surface area contributed by atoms with Crippen molar-refractivity contribution in [1.29, 1.82) is 0 Å². The van der Waals surface area contributed by atoms with Gasteiger partial charge in [-0.2, -0.15) is 31.2 Å². The Morgan fingerprint density at radius 2 is 1.49 bits per heavy atom. The summed E-state index contributed by atoms with van der Waals surface area (Å²) >= 11 is 0. The molecular weight excluding hydrogens is 544 g/mol. The molecule has 2 unspecified atom stereocenters. The van der Waals surface area contributed by atoms with Crippen LogP contribution in [0.25, 0.3) is 0 Å². The maximum atomic E-state index is 13.7. The van der Waals surface area contributed by atoms with Crippen LogP contribution in [0.3, 0.4) is 0 Å². The predicted octanol–water partition coefficient (Wildman–Crippen LogP) is 7.88. The molecule has 4 nitrogen and oxygen atoms in total. The Balaban J connectivity index is 1.57. The van der Waals surface area contributed by atoms with Crippen LogP contribution in [0.15, 0.2) is 42.1 Å². The van der Waals surface area contributed by atoms with Gasteiger partial charge >= 0.3 is 12.4 Å². The van der Waals surface area contributed by atoms with Gasteiger partial charge in [-0.3, -0.25) is 5.73 Å². The molecule has 2 atom stereocenters. The van der Waals surface area contributed by atoms with Crippen LogP contribution in [0.2, 0.25) is 0 Å². The fraction of sp³-hybridized carbons (Fsp3) is 0.548. The summed E-state index contributed by atoms with van der Waals surface area (Å²) in [7, 11) is 0. The first-order valence-corrected chi connectivity index (χ1v) is 14.5. The number of hydroxylamine groups is 3. The Kier molecular flexibility index (Phi) is 8.22. The monoisotopic (exact) mass is 582 g/mol. The molecule has 0 aromatic heterocycles. The molecule has 3 aliphatic rings. The zero-order valence-corrected chi connectivity index (χ0v) is 23.5. The number of anilines is 1. The number of hydrogen-bond donors (Lipinski definition) is 1. The number of halogens is 6. The Morgan fingerprint density at radius 3 is 2.02 bits per heavy atom. The molecule has 1 fully saturated rings. The zero-order valence-electron chi connectivity index (χ0n) is 23.5. The van der Waals surface area contributed by atoms with Crippen molar-refractivity contribution in [2.75, 3.05) is 18.0 Å². The zero-order chi connectivity index (χ0) is 29.6. The molecule has 5 rings (SSSR count). The number of quaternary nitrogens is 1. The largest absolute Gasteiger partial charge is 0.416 e. The molecule has 224 valence electrons. The van der Waals surface area contributed by atoms with Crippen LogP contribution in [-0.4, -0.2) is 24.0 Å². The number of rotatable bonds is 8. The second-order valence-electron chi connectivity index (χ2n) is 11.8. The Morgan fingerprint density at radius 1 is 0.878 bits per heavy atom. The van der Waals surface area contributed by atoms with E-state index in [1.165, 1.54) is 36.8 Å². The highest BCUT2D eigenvalue weighted by Gasteiger charge is 2.44. The molecule has 41 heavy (non-hydrogen) atoms. The average molecular weight is 583 g/mol. The lowest BCUT2D eigenvalue weighted by Gasteiger charge is -2.35. The van der Waals surface area contributed by atoms with E-state index in [4.69, 9.17) is 10.6 Å². The molecule has 2 aromatic carbocycles. The quantitative estimate of drug-likeness (QED) is 0.254. The summed E-state index contributed by atoms with van der Waals surface area (Å²) < 4.78 is 81.7. The highest BCUT2D eigenvalue weighted by Crippen LogP contribution is 2.41. The highest BCUT2D eigenvalue weighted by atomic mass is 19.4. The molecular formula is C31H38F6N3O+. The Labute approximate surface area is 237 Å². The van der Waals surface area contributed by atoms with Gasteiger partial charge in [0.15, 0.2) is 6.23 Å². The molecule has 0 amide bonds. The van der Waals surface area contributed by atoms with E-state index in [2.05, 4.69) is 24.0 Å². The summed E-state index contributed by atoms with van der Waals surface area (Å²) in [5.41, 5.74) is 8.58. The first-order valence-electron chi connectivity index (χ1n) is 14.5. The second kappa shape index (κ2) is 11.3. The number of benzene rings is 2. The van der Waals surface area contributed by atoms with E-state index in [9.17, 15) is 26.3 Å². The molecule has 1 aliphatic heterocycles. The number of alkyl halides is 6. The van der Waals surface area contributed by atoms with Gasteiger partial charge < -0.3 is 4.90 Å². The average Bonchev–Trinajstić information content (AvgIpc) is 3.62. The summed E-state index contributed by atoms with van der Waals surface area (Å²) in [5.74, 6) is 0.600. The molecule has 1 heterocycles. The third-order valence-corrected chi connectivity index (χ3v) is 8.85. The van der Waals surface area contributed by atoms with Gasteiger partial charge in [-0.05, 0) is 86.4 Å². The van der Waals surface area contributed by atoms with Gasteiger partial charge in [-0.1, -0.05) is 12.8 Å². The van der Waals surface area contributed by atoms with Crippen molar-refractivity contribution in [1.82, 2.24) is 0 Å². The van der Waals surface area contributed by atoms with Crippen LogP contribution in [0.5, 0.6) is 0 Å². The molecule has 0 spiro atoms. The minimum absolute atomic E-state index is 0.116. The van der Waals surface area contributed by atoms with Gasteiger partial charge in [0.1, 0.15) is 18.8 Å². The lowest BCUT2D eigenvalue weighted by Crippen LogP contribution is -2.45. The summed E-state index contributed by atoms with van der Waals surface area (Å²) in [4.78, 5) is 8.56. The van der Waals surface area contributed by atoms with Crippen molar-refractivity contribution in [3.63, 3.8) is 0 Å². The van der Waals surface area contributed by atoms with Gasteiger partial charge in [-0.25, -0.2) is 0 Å². The van der Waals surface area contributed by atoms with E-state index in [-0.39, 0.29) is 29.4 Å². The van der Waals surface area contributed by atoms with Crippen LogP contribution in [-0.2, 0) is 43.1 Å². The van der Waals surface area contributed by atoms with Crippen molar-refractivity contribution < 1.29 is 35.8 Å². The topological polar surface area (TPSA) is 38.5 Å². The molecule has 10 heteroatoms. The van der Waals surface area contributed by atoms with E-state index in [0.29, 0.717) is 11.6 Å². The summed E-state index contributed by atoms with van der Waals surface area (Å²) in [6.45, 7) is 5.60. The van der Waals surface area contributed by atoms with Crippen LogP contribution in [0.4, 0.5) is 32.0 Å². The van der Waals surface area contributed by atoms with Crippen LogP contribution in [0, 0.1) is 5.92 Å². The Bertz CT molecular complexity index is 1270. The second-order valence-corrected chi connectivity index (χ2v) is 11.8. The number of nitrogens with zero attached hydrogens (tertiary/aromatic N) is 2. The predicted molar refractivity (Wildman–Crippen MR) is 145 cm³/mol. The molecule has 2 N–H and O–H groups in total. The van der Waals surface area contributed by atoms with E-state index in [1.807, 2.05) is 0 Å². The van der Waals surface area contributed by atoms with Gasteiger partial charge in [-0.15, -0.1) is 4.65 Å². The van der Waals surface area contributed by atoms with E-state index in [1.54, 1.807) is 13.0 Å². The smallest absolute Gasteiger partial charge is 0.371 e. The van der Waals surface area contributed by atoms with Crippen LogP contribution < -0.4 is 10.6 Å². The van der Waals surface area contributed by atoms with E-state index >= 15 is 0 Å². The lowest BCUT2D eigenvalue weighted by atomic mass is 10.00. The normalized spacial score (nSPS) is 23.2. The summed E-state index contributed by atoms with van der Waals surface area (Å²) in [6, 6.07) is 6.15. The third kappa shape index (κ3) is 6.44. The summed E-state index contributed by atoms with van der Waals surface area (Å²) in [6.07, 6.45) is -1.19. The molecule has 0 bridgehead atoms. The molecule has 2 aliphatic carbocycles. The fourth-order valence-electron chi connectivity index (χ4n) is 6.77. The molecule has 0 saturated heterocycles. The van der Waals surface area contributed by atoms with Crippen molar-refractivity contribution in [2.45, 2.75) is 90.5 Å². The minimum atomic E-state index is -4.93. The highest BCUT2D eigenvalue weighted by molar-refractivity contribution is 5.58. The number of fused-ring (bicyclic) bond motifs is 1. The number of aryl methyl sites for hydroxylation is 2. The van der Waals surface area contributed by atoms with E-state index in [0.717, 1.165) is 55.7 Å². The maximum Gasteiger partial charge on any atom is 0.416 e. The number of allylic oxidation sites excluding steroid dienone is 1. The summed E-state index contributed by atoms with van der Waals surface area (Å²) in [5, 5.41) is 0. The van der Waals surface area contributed by atoms with Crippen molar-refractivity contribution in [2.24, 2.45) is 11.7 Å². The van der Waals surface area contributed by atoms with Crippen molar-refractivity contribution in [3.05, 3.63) is 75.5 Å². The van der Waals surface area contributed by atoms with Crippen LogP contribution >= 0.6 is 0 Å². The van der Waals surface area contributed by atoms with Gasteiger partial charge in [0.2, 0.25) is 0 Å². The van der Waals surface area contributed by atoms with Gasteiger partial charge in [0, 0.05) is 42.9 Å². The Hall–Kier alpha value is -2.56. The SMILES string of the molecule is CCN(CC1CCCC1)c1cc2c(cc1C[N+]1(Cc3cc(C(F)(F)F)cc(C(F)(F)F)c3)OC(N)C=C1C)CCC2. The van der Waals surface area contributed by atoms with E-state index < -0.39 is 29.7 Å². The number of nitrogens with two attached hydrogens (primary N) is 1. The molecule has 2 aromatic rings. The lowest BCUT2D eigenvalue weighted by molar-refractivity contribution is -1.09. The van der Waals surface area contributed by atoms with Crippen molar-refractivity contribution in [3.8, 4) is 0 Å². The van der Waals surface area contributed by atoms with Gasteiger partial charge in [0.25, 0.3) is 0 Å². The fourth-order valence-corrected chi connectivity index (χ4v) is 6.77. The minimum Gasteiger partial charge on any atom is -0.371 e. The third-order valence-electron chi connectivity index (χ3n) is 8.85.